The molecule has 0 saturated carbocycles. The number of ketones is 1. The molecule has 0 aromatic heterocycles. The van der Waals surface area contributed by atoms with Crippen LogP contribution >= 0.6 is 0 Å². The number of rotatable bonds is 3. The first-order valence-electron chi connectivity index (χ1n) is 5.26. The third-order valence-electron chi connectivity index (χ3n) is 2.42. The highest BCUT2D eigenvalue weighted by Crippen LogP contribution is 2.13. The number of benzene rings is 1. The molecule has 0 radical (unpaired) electrons. The van der Waals surface area contributed by atoms with Crippen molar-refractivity contribution in [2.45, 2.75) is 19.3 Å². The molecular formula is C13H14O2. The summed E-state index contributed by atoms with van der Waals surface area (Å²) < 4.78 is 5.32. The summed E-state index contributed by atoms with van der Waals surface area (Å²) in [5.74, 6) is 0.631. The van der Waals surface area contributed by atoms with Crippen LogP contribution in [0.3, 0.4) is 0 Å². The zero-order valence-electron chi connectivity index (χ0n) is 8.61. The molecule has 0 bridgehead atoms. The van der Waals surface area contributed by atoms with Crippen molar-refractivity contribution < 1.29 is 9.53 Å². The fourth-order valence-electron chi connectivity index (χ4n) is 1.62. The van der Waals surface area contributed by atoms with Crippen molar-refractivity contribution in [1.29, 1.82) is 0 Å². The Morgan fingerprint density at radius 3 is 2.73 bits per heavy atom. The zero-order valence-corrected chi connectivity index (χ0v) is 8.61. The summed E-state index contributed by atoms with van der Waals surface area (Å²) in [6.07, 6.45) is 4.30. The quantitative estimate of drug-likeness (QED) is 0.752. The van der Waals surface area contributed by atoms with Crippen LogP contribution < -0.4 is 0 Å². The van der Waals surface area contributed by atoms with Crippen LogP contribution in [0, 0.1) is 0 Å². The second-order valence-electron chi connectivity index (χ2n) is 3.64. The van der Waals surface area contributed by atoms with Gasteiger partial charge in [-0.3, -0.25) is 4.79 Å². The van der Waals surface area contributed by atoms with Gasteiger partial charge in [-0.15, -0.1) is 0 Å². The minimum absolute atomic E-state index is 0.0842. The van der Waals surface area contributed by atoms with Crippen LogP contribution in [0.2, 0.25) is 0 Å². The number of Topliss-reactive ketones (excluding diaryl/α,β-unsaturated/α-hetero) is 1. The van der Waals surface area contributed by atoms with Gasteiger partial charge in [0.15, 0.2) is 5.76 Å². The van der Waals surface area contributed by atoms with Gasteiger partial charge in [-0.2, -0.15) is 0 Å². The van der Waals surface area contributed by atoms with Crippen LogP contribution in [0.4, 0.5) is 0 Å². The number of allylic oxidation sites excluding steroid dienone is 2. The lowest BCUT2D eigenvalue weighted by Gasteiger charge is -2.13. The molecular weight excluding hydrogens is 188 g/mol. The highest BCUT2D eigenvalue weighted by Gasteiger charge is 2.13. The van der Waals surface area contributed by atoms with Crippen molar-refractivity contribution in [2.75, 3.05) is 6.61 Å². The molecule has 2 nitrogen and oxygen atoms in total. The highest BCUT2D eigenvalue weighted by atomic mass is 16.5. The molecule has 0 atom stereocenters. The van der Waals surface area contributed by atoms with E-state index in [1.165, 1.54) is 0 Å². The molecule has 0 amide bonds. The van der Waals surface area contributed by atoms with Gasteiger partial charge in [-0.05, 0) is 24.5 Å². The third kappa shape index (κ3) is 2.69. The Hall–Kier alpha value is -1.57. The van der Waals surface area contributed by atoms with Crippen molar-refractivity contribution in [3.63, 3.8) is 0 Å². The number of hydrogen-bond acceptors (Lipinski definition) is 2. The lowest BCUT2D eigenvalue weighted by atomic mass is 10.1. The zero-order chi connectivity index (χ0) is 10.5. The Kier molecular flexibility index (Phi) is 3.18. The molecule has 1 aromatic carbocycles. The van der Waals surface area contributed by atoms with Crippen LogP contribution in [-0.4, -0.2) is 12.4 Å². The van der Waals surface area contributed by atoms with E-state index in [0.717, 1.165) is 18.4 Å². The maximum absolute atomic E-state index is 11.8. The molecule has 2 rings (SSSR count). The lowest BCUT2D eigenvalue weighted by Crippen LogP contribution is -2.13. The van der Waals surface area contributed by atoms with Gasteiger partial charge in [-0.25, -0.2) is 0 Å². The maximum atomic E-state index is 11.8. The summed E-state index contributed by atoms with van der Waals surface area (Å²) >= 11 is 0. The van der Waals surface area contributed by atoms with E-state index in [0.29, 0.717) is 18.8 Å². The van der Waals surface area contributed by atoms with E-state index in [-0.39, 0.29) is 5.78 Å². The van der Waals surface area contributed by atoms with Gasteiger partial charge < -0.3 is 4.74 Å². The second-order valence-corrected chi connectivity index (χ2v) is 3.64. The van der Waals surface area contributed by atoms with E-state index in [1.54, 1.807) is 0 Å². The van der Waals surface area contributed by atoms with Gasteiger partial charge >= 0.3 is 0 Å². The highest BCUT2D eigenvalue weighted by molar-refractivity contribution is 5.95. The Morgan fingerprint density at radius 2 is 2.07 bits per heavy atom. The van der Waals surface area contributed by atoms with Crippen LogP contribution in [0.1, 0.15) is 18.4 Å². The third-order valence-corrected chi connectivity index (χ3v) is 2.42. The van der Waals surface area contributed by atoms with Gasteiger partial charge in [0, 0.05) is 6.42 Å². The van der Waals surface area contributed by atoms with Crippen molar-refractivity contribution >= 4 is 5.78 Å². The molecule has 0 aliphatic carbocycles. The SMILES string of the molecule is O=C(Cc1ccccc1)C1=CCCCO1. The molecule has 0 unspecified atom stereocenters. The predicted octanol–water partition coefficient (Wildman–Crippen LogP) is 2.49. The maximum Gasteiger partial charge on any atom is 0.201 e. The van der Waals surface area contributed by atoms with Crippen LogP contribution in [0.15, 0.2) is 42.2 Å². The largest absolute Gasteiger partial charge is 0.490 e. The fourth-order valence-corrected chi connectivity index (χ4v) is 1.62. The van der Waals surface area contributed by atoms with Crippen LogP contribution in [0.5, 0.6) is 0 Å². The molecule has 1 aromatic rings. The van der Waals surface area contributed by atoms with E-state index in [1.807, 2.05) is 36.4 Å². The summed E-state index contributed by atoms with van der Waals surface area (Å²) in [4.78, 5) is 11.8. The Labute approximate surface area is 89.6 Å². The first-order chi connectivity index (χ1) is 7.36. The van der Waals surface area contributed by atoms with Gasteiger partial charge in [0.05, 0.1) is 6.61 Å². The molecule has 1 heterocycles. The Balaban J connectivity index is 2.00. The first-order valence-corrected chi connectivity index (χ1v) is 5.26. The normalized spacial score (nSPS) is 15.3. The molecule has 1 aliphatic heterocycles. The van der Waals surface area contributed by atoms with Crippen LogP contribution in [-0.2, 0) is 16.0 Å². The fraction of sp³-hybridized carbons (Fsp3) is 0.308. The van der Waals surface area contributed by atoms with Gasteiger partial charge in [0.1, 0.15) is 0 Å². The van der Waals surface area contributed by atoms with Crippen molar-refractivity contribution in [3.8, 4) is 0 Å². The molecule has 0 spiro atoms. The average Bonchev–Trinajstić information content (AvgIpc) is 2.31. The smallest absolute Gasteiger partial charge is 0.201 e. The molecule has 0 saturated heterocycles. The number of carbonyl (C=O) groups excluding carboxylic acids is 1. The summed E-state index contributed by atoms with van der Waals surface area (Å²) in [5.41, 5.74) is 1.04. The van der Waals surface area contributed by atoms with Crippen molar-refractivity contribution in [1.82, 2.24) is 0 Å². The number of carbonyl (C=O) groups is 1. The molecule has 78 valence electrons. The number of ether oxygens (including phenoxy) is 1. The van der Waals surface area contributed by atoms with E-state index >= 15 is 0 Å². The minimum atomic E-state index is 0.0842. The van der Waals surface area contributed by atoms with Gasteiger partial charge in [0.2, 0.25) is 5.78 Å². The van der Waals surface area contributed by atoms with E-state index in [2.05, 4.69) is 0 Å². The predicted molar refractivity (Wildman–Crippen MR) is 58.4 cm³/mol. The van der Waals surface area contributed by atoms with Crippen molar-refractivity contribution in [2.24, 2.45) is 0 Å². The topological polar surface area (TPSA) is 26.3 Å². The molecule has 15 heavy (non-hydrogen) atoms. The van der Waals surface area contributed by atoms with Gasteiger partial charge in [0.25, 0.3) is 0 Å². The summed E-state index contributed by atoms with van der Waals surface area (Å²) in [6.45, 7) is 0.673. The standard InChI is InChI=1S/C13H14O2/c14-12(13-8-4-5-9-15-13)10-11-6-2-1-3-7-11/h1-3,6-8H,4-5,9-10H2. The van der Waals surface area contributed by atoms with E-state index < -0.39 is 0 Å². The summed E-state index contributed by atoms with van der Waals surface area (Å²) in [7, 11) is 0. The Morgan fingerprint density at radius 1 is 1.27 bits per heavy atom. The van der Waals surface area contributed by atoms with E-state index in [9.17, 15) is 4.79 Å². The lowest BCUT2D eigenvalue weighted by molar-refractivity contribution is -0.118. The summed E-state index contributed by atoms with van der Waals surface area (Å²) in [5, 5.41) is 0. The molecule has 1 aliphatic rings. The molecule has 0 N–H and O–H groups in total. The second kappa shape index (κ2) is 4.78. The van der Waals surface area contributed by atoms with E-state index in [4.69, 9.17) is 4.74 Å². The number of hydrogen-bond donors (Lipinski definition) is 0. The average molecular weight is 202 g/mol. The molecule has 2 heteroatoms. The minimum Gasteiger partial charge on any atom is -0.490 e. The van der Waals surface area contributed by atoms with Crippen LogP contribution in [0.25, 0.3) is 0 Å². The van der Waals surface area contributed by atoms with Crippen molar-refractivity contribution in [3.05, 3.63) is 47.7 Å². The Bertz CT molecular complexity index is 365. The monoisotopic (exact) mass is 202 g/mol. The summed E-state index contributed by atoms with van der Waals surface area (Å²) in [6, 6.07) is 9.75. The first kappa shape index (κ1) is 9.97. The van der Waals surface area contributed by atoms with Gasteiger partial charge in [-0.1, -0.05) is 30.3 Å². The molecule has 0 fully saturated rings.